The third-order valence-electron chi connectivity index (χ3n) is 8.35. The number of nitrogens with zero attached hydrogens (tertiary/aromatic N) is 5. The van der Waals surface area contributed by atoms with Crippen LogP contribution in [0.4, 0.5) is 11.4 Å². The van der Waals surface area contributed by atoms with Crippen LogP contribution >= 0.6 is 0 Å². The summed E-state index contributed by atoms with van der Waals surface area (Å²) in [7, 11) is 0. The molecule has 1 unspecified atom stereocenters. The number of morpholine rings is 1. The van der Waals surface area contributed by atoms with Gasteiger partial charge in [-0.05, 0) is 42.7 Å². The van der Waals surface area contributed by atoms with Crippen LogP contribution in [0.5, 0.6) is 0 Å². The zero-order valence-electron chi connectivity index (χ0n) is 20.7. The molecule has 0 bridgehead atoms. The second-order valence-corrected chi connectivity index (χ2v) is 10.6. The van der Waals surface area contributed by atoms with E-state index < -0.39 is 0 Å². The van der Waals surface area contributed by atoms with Gasteiger partial charge < -0.3 is 24.4 Å². The first-order valence-electron chi connectivity index (χ1n) is 13.4. The monoisotopic (exact) mass is 486 g/mol. The van der Waals surface area contributed by atoms with Gasteiger partial charge in [-0.25, -0.2) is 4.98 Å². The average molecular weight is 487 g/mol. The summed E-state index contributed by atoms with van der Waals surface area (Å²) in [6.07, 6.45) is 4.03. The SMILES string of the molecule is O=C(C1CC1)N1CCN(c2ccnc3[nH]c(-c4ccc(N5CCN6CCOCC6C5)cc4)cc23)CC1. The van der Waals surface area contributed by atoms with Gasteiger partial charge >= 0.3 is 0 Å². The molecule has 0 radical (unpaired) electrons. The Bertz CT molecular complexity index is 1240. The van der Waals surface area contributed by atoms with Crippen LogP contribution < -0.4 is 9.80 Å². The van der Waals surface area contributed by atoms with Crippen molar-refractivity contribution in [2.24, 2.45) is 5.92 Å². The number of carbonyl (C=O) groups excluding carboxylic acids is 1. The van der Waals surface area contributed by atoms with Crippen molar-refractivity contribution in [2.45, 2.75) is 18.9 Å². The molecule has 0 spiro atoms. The second-order valence-electron chi connectivity index (χ2n) is 10.6. The molecule has 4 aliphatic rings. The van der Waals surface area contributed by atoms with Crippen molar-refractivity contribution in [1.82, 2.24) is 19.8 Å². The number of fused-ring (bicyclic) bond motifs is 2. The number of rotatable bonds is 4. The molecule has 188 valence electrons. The summed E-state index contributed by atoms with van der Waals surface area (Å²) >= 11 is 0. The van der Waals surface area contributed by atoms with Crippen LogP contribution in [-0.2, 0) is 9.53 Å². The molecule has 1 saturated carbocycles. The highest BCUT2D eigenvalue weighted by atomic mass is 16.5. The molecule has 1 amide bonds. The van der Waals surface area contributed by atoms with E-state index in [9.17, 15) is 4.79 Å². The van der Waals surface area contributed by atoms with E-state index in [0.29, 0.717) is 17.9 Å². The van der Waals surface area contributed by atoms with Gasteiger partial charge in [0.05, 0.1) is 19.3 Å². The van der Waals surface area contributed by atoms with Crippen molar-refractivity contribution < 1.29 is 9.53 Å². The van der Waals surface area contributed by atoms with E-state index in [2.05, 4.69) is 66.0 Å². The van der Waals surface area contributed by atoms with Gasteiger partial charge in [-0.1, -0.05) is 12.1 Å². The van der Waals surface area contributed by atoms with Crippen LogP contribution in [0, 0.1) is 5.92 Å². The van der Waals surface area contributed by atoms with Crippen LogP contribution in [0.3, 0.4) is 0 Å². The van der Waals surface area contributed by atoms with E-state index in [4.69, 9.17) is 4.74 Å². The van der Waals surface area contributed by atoms with E-state index in [1.807, 2.05) is 6.20 Å². The maximum absolute atomic E-state index is 12.4. The number of nitrogens with one attached hydrogen (secondary N) is 1. The lowest BCUT2D eigenvalue weighted by Crippen LogP contribution is -2.58. The standard InChI is InChI=1S/C28H34N6O2/c35-28(21-1-2-21)33-12-10-32(11-13-33)26-7-8-29-27-24(26)17-25(30-27)20-3-5-22(6-4-20)34-14-9-31-15-16-36-19-23(31)18-34/h3-8,17,21,23H,1-2,9-16,18-19H2,(H,29,30). The molecular formula is C28H34N6O2. The quantitative estimate of drug-likeness (QED) is 0.612. The Morgan fingerprint density at radius 1 is 0.944 bits per heavy atom. The van der Waals surface area contributed by atoms with Crippen LogP contribution in [-0.4, -0.2) is 97.3 Å². The first kappa shape index (κ1) is 22.1. The van der Waals surface area contributed by atoms with E-state index >= 15 is 0 Å². The Morgan fingerprint density at radius 3 is 2.56 bits per heavy atom. The number of amides is 1. The number of hydrogen-bond donors (Lipinski definition) is 1. The highest BCUT2D eigenvalue weighted by molar-refractivity contribution is 5.94. The maximum Gasteiger partial charge on any atom is 0.225 e. The fourth-order valence-electron chi connectivity index (χ4n) is 6.03. The zero-order chi connectivity index (χ0) is 24.1. The third kappa shape index (κ3) is 4.12. The molecule has 5 heterocycles. The average Bonchev–Trinajstić information content (AvgIpc) is 3.70. The fraction of sp³-hybridized carbons (Fsp3) is 0.500. The minimum atomic E-state index is 0.300. The van der Waals surface area contributed by atoms with Crippen molar-refractivity contribution in [3.8, 4) is 11.3 Å². The molecule has 1 aliphatic carbocycles. The Morgan fingerprint density at radius 2 is 1.75 bits per heavy atom. The van der Waals surface area contributed by atoms with Gasteiger partial charge in [0.15, 0.2) is 0 Å². The molecule has 7 rings (SSSR count). The summed E-state index contributed by atoms with van der Waals surface area (Å²) in [5.74, 6) is 0.657. The predicted octanol–water partition coefficient (Wildman–Crippen LogP) is 2.81. The fourth-order valence-corrected chi connectivity index (χ4v) is 6.03. The number of hydrogen-bond acceptors (Lipinski definition) is 6. The van der Waals surface area contributed by atoms with Crippen LogP contribution in [0.2, 0.25) is 0 Å². The third-order valence-corrected chi connectivity index (χ3v) is 8.35. The van der Waals surface area contributed by atoms with E-state index in [1.165, 1.54) is 16.9 Å². The number of carbonyl (C=O) groups is 1. The van der Waals surface area contributed by atoms with Crippen molar-refractivity contribution in [3.63, 3.8) is 0 Å². The highest BCUT2D eigenvalue weighted by Crippen LogP contribution is 2.34. The summed E-state index contributed by atoms with van der Waals surface area (Å²) in [5.41, 5.74) is 5.64. The van der Waals surface area contributed by atoms with Crippen molar-refractivity contribution in [2.75, 3.05) is 75.4 Å². The molecule has 36 heavy (non-hydrogen) atoms. The predicted molar refractivity (Wildman–Crippen MR) is 141 cm³/mol. The summed E-state index contributed by atoms with van der Waals surface area (Å²) < 4.78 is 5.71. The lowest BCUT2D eigenvalue weighted by atomic mass is 10.1. The molecule has 1 atom stereocenters. The van der Waals surface area contributed by atoms with Crippen molar-refractivity contribution >= 4 is 28.3 Å². The van der Waals surface area contributed by atoms with Gasteiger partial charge in [-0.15, -0.1) is 0 Å². The minimum absolute atomic E-state index is 0.300. The Hall–Kier alpha value is -3.10. The van der Waals surface area contributed by atoms with Crippen molar-refractivity contribution in [1.29, 1.82) is 0 Å². The van der Waals surface area contributed by atoms with Gasteiger partial charge in [0.1, 0.15) is 5.65 Å². The highest BCUT2D eigenvalue weighted by Gasteiger charge is 2.35. The minimum Gasteiger partial charge on any atom is -0.378 e. The Balaban J connectivity index is 1.07. The van der Waals surface area contributed by atoms with E-state index in [0.717, 1.165) is 95.1 Å². The first-order valence-corrected chi connectivity index (χ1v) is 13.4. The topological polar surface area (TPSA) is 67.9 Å². The van der Waals surface area contributed by atoms with Crippen LogP contribution in [0.15, 0.2) is 42.6 Å². The lowest BCUT2D eigenvalue weighted by Gasteiger charge is -2.44. The normalized spacial score (nSPS) is 23.2. The van der Waals surface area contributed by atoms with Crippen LogP contribution in [0.1, 0.15) is 12.8 Å². The molecule has 8 nitrogen and oxygen atoms in total. The van der Waals surface area contributed by atoms with Gasteiger partial charge in [-0.2, -0.15) is 0 Å². The molecule has 1 N–H and O–H groups in total. The van der Waals surface area contributed by atoms with E-state index in [1.54, 1.807) is 0 Å². The van der Waals surface area contributed by atoms with Gasteiger partial charge in [0, 0.05) is 86.9 Å². The molecule has 3 saturated heterocycles. The van der Waals surface area contributed by atoms with Gasteiger partial charge in [0.25, 0.3) is 0 Å². The number of aromatic amines is 1. The lowest BCUT2D eigenvalue weighted by molar-refractivity contribution is -0.132. The largest absolute Gasteiger partial charge is 0.378 e. The Labute approximate surface area is 211 Å². The van der Waals surface area contributed by atoms with Gasteiger partial charge in [0.2, 0.25) is 5.91 Å². The molecule has 8 heteroatoms. The molecule has 3 aliphatic heterocycles. The van der Waals surface area contributed by atoms with E-state index in [-0.39, 0.29) is 0 Å². The van der Waals surface area contributed by atoms with Crippen LogP contribution in [0.25, 0.3) is 22.3 Å². The Kier molecular flexibility index (Phi) is 5.58. The number of anilines is 2. The number of pyridine rings is 1. The molecule has 3 aromatic rings. The molecule has 2 aromatic heterocycles. The number of aromatic nitrogens is 2. The number of piperazine rings is 2. The number of ether oxygens (including phenoxy) is 1. The summed E-state index contributed by atoms with van der Waals surface area (Å²) in [6.45, 7) is 9.30. The second kappa shape index (κ2) is 9.09. The molecular weight excluding hydrogens is 452 g/mol. The van der Waals surface area contributed by atoms with Crippen molar-refractivity contribution in [3.05, 3.63) is 42.6 Å². The first-order chi connectivity index (χ1) is 17.7. The molecule has 1 aromatic carbocycles. The number of H-pyrrole nitrogens is 1. The molecule has 4 fully saturated rings. The van der Waals surface area contributed by atoms with Gasteiger partial charge in [-0.3, -0.25) is 9.69 Å². The summed E-state index contributed by atoms with van der Waals surface area (Å²) in [5, 5.41) is 1.15. The summed E-state index contributed by atoms with van der Waals surface area (Å²) in [6, 6.07) is 13.7. The smallest absolute Gasteiger partial charge is 0.225 e. The summed E-state index contributed by atoms with van der Waals surface area (Å²) in [4.78, 5) is 30.1. The maximum atomic E-state index is 12.4. The number of benzene rings is 1. The zero-order valence-corrected chi connectivity index (χ0v) is 20.7.